The Morgan fingerprint density at radius 3 is 3.09 bits per heavy atom. The lowest BCUT2D eigenvalue weighted by Crippen LogP contribution is -2.39. The van der Waals surface area contributed by atoms with Crippen molar-refractivity contribution in [1.82, 2.24) is 15.0 Å². The quantitative estimate of drug-likeness (QED) is 0.856. The van der Waals surface area contributed by atoms with Crippen molar-refractivity contribution in [2.75, 3.05) is 13.1 Å². The molecule has 0 spiro atoms. The van der Waals surface area contributed by atoms with Crippen LogP contribution in [0, 0.1) is 6.92 Å². The van der Waals surface area contributed by atoms with Crippen LogP contribution in [0.1, 0.15) is 41.8 Å². The minimum absolute atomic E-state index is 0.186. The van der Waals surface area contributed by atoms with E-state index >= 15 is 0 Å². The predicted octanol–water partition coefficient (Wildman–Crippen LogP) is 3.43. The second-order valence-corrected chi connectivity index (χ2v) is 7.36. The van der Waals surface area contributed by atoms with E-state index < -0.39 is 0 Å². The van der Waals surface area contributed by atoms with Gasteiger partial charge in [0.2, 0.25) is 11.8 Å². The number of halogens is 1. The molecule has 0 radical (unpaired) electrons. The summed E-state index contributed by atoms with van der Waals surface area (Å²) in [7, 11) is 0. The van der Waals surface area contributed by atoms with E-state index in [0.717, 1.165) is 40.8 Å². The third-order valence-electron chi connectivity index (χ3n) is 3.90. The van der Waals surface area contributed by atoms with Gasteiger partial charge in [0.15, 0.2) is 5.82 Å². The lowest BCUT2D eigenvalue weighted by Gasteiger charge is -2.31. The molecule has 1 aliphatic heterocycles. The molecule has 1 aliphatic rings. The molecule has 0 bridgehead atoms. The van der Waals surface area contributed by atoms with Gasteiger partial charge in [-0.05, 0) is 31.4 Å². The molecule has 2 aromatic heterocycles. The first-order chi connectivity index (χ1) is 10.6. The number of rotatable bonds is 4. The number of aryl methyl sites for hydroxylation is 2. The summed E-state index contributed by atoms with van der Waals surface area (Å²) in [6.45, 7) is 3.29. The van der Waals surface area contributed by atoms with E-state index in [4.69, 9.17) is 16.1 Å². The Bertz CT molecular complexity index is 655. The molecule has 2 aromatic rings. The van der Waals surface area contributed by atoms with Crippen molar-refractivity contribution in [1.29, 1.82) is 0 Å². The predicted molar refractivity (Wildman–Crippen MR) is 85.2 cm³/mol. The smallest absolute Gasteiger partial charge is 0.223 e. The molecule has 0 aromatic carbocycles. The van der Waals surface area contributed by atoms with Crippen molar-refractivity contribution < 1.29 is 9.32 Å². The number of carbonyl (C=O) groups is 1. The zero-order valence-electron chi connectivity index (χ0n) is 12.4. The number of thiophene rings is 1. The van der Waals surface area contributed by atoms with Crippen LogP contribution in [0.3, 0.4) is 0 Å². The molecular formula is C15H18ClN3O2S. The van der Waals surface area contributed by atoms with E-state index in [1.165, 1.54) is 11.3 Å². The minimum Gasteiger partial charge on any atom is -0.342 e. The zero-order valence-corrected chi connectivity index (χ0v) is 14.0. The number of nitrogens with zero attached hydrogens (tertiary/aromatic N) is 3. The third kappa shape index (κ3) is 3.67. The van der Waals surface area contributed by atoms with Gasteiger partial charge in [-0.1, -0.05) is 16.8 Å². The van der Waals surface area contributed by atoms with Crippen LogP contribution in [0.25, 0.3) is 0 Å². The van der Waals surface area contributed by atoms with Gasteiger partial charge in [0.25, 0.3) is 0 Å². The molecule has 0 saturated carbocycles. The molecule has 0 N–H and O–H groups in total. The molecule has 118 valence electrons. The van der Waals surface area contributed by atoms with Crippen molar-refractivity contribution in [3.63, 3.8) is 0 Å². The Balaban J connectivity index is 1.55. The normalized spacial score (nSPS) is 18.6. The highest BCUT2D eigenvalue weighted by molar-refractivity contribution is 7.16. The number of aromatic nitrogens is 2. The summed E-state index contributed by atoms with van der Waals surface area (Å²) in [5.74, 6) is 1.67. The van der Waals surface area contributed by atoms with Crippen molar-refractivity contribution in [2.24, 2.45) is 0 Å². The van der Waals surface area contributed by atoms with Gasteiger partial charge in [-0.3, -0.25) is 4.79 Å². The minimum atomic E-state index is 0.186. The fourth-order valence-corrected chi connectivity index (χ4v) is 3.86. The van der Waals surface area contributed by atoms with Gasteiger partial charge in [0.1, 0.15) is 0 Å². The van der Waals surface area contributed by atoms with E-state index in [2.05, 4.69) is 10.1 Å². The standard InChI is InChI=1S/C15H18ClN3O2S/c1-10-17-15(18-21-10)11-3-2-8-19(9-11)14(20)7-5-12-4-6-13(16)22-12/h4,6,11H,2-3,5,7-9H2,1H3. The molecule has 7 heteroatoms. The van der Waals surface area contributed by atoms with Gasteiger partial charge < -0.3 is 9.42 Å². The number of amides is 1. The van der Waals surface area contributed by atoms with Crippen LogP contribution in [-0.2, 0) is 11.2 Å². The number of likely N-dealkylation sites (tertiary alicyclic amines) is 1. The van der Waals surface area contributed by atoms with E-state index in [1.807, 2.05) is 17.0 Å². The molecular weight excluding hydrogens is 322 g/mol. The average molecular weight is 340 g/mol. The van der Waals surface area contributed by atoms with Crippen LogP contribution in [0.2, 0.25) is 4.34 Å². The highest BCUT2D eigenvalue weighted by Crippen LogP contribution is 2.26. The van der Waals surface area contributed by atoms with E-state index in [9.17, 15) is 4.79 Å². The zero-order chi connectivity index (χ0) is 15.5. The summed E-state index contributed by atoms with van der Waals surface area (Å²) in [6.07, 6.45) is 3.26. The van der Waals surface area contributed by atoms with Crippen LogP contribution < -0.4 is 0 Å². The SMILES string of the molecule is Cc1nc(C2CCCN(C(=O)CCc3ccc(Cl)s3)C2)no1. The summed E-state index contributed by atoms with van der Waals surface area (Å²) in [4.78, 5) is 19.8. The largest absolute Gasteiger partial charge is 0.342 e. The summed E-state index contributed by atoms with van der Waals surface area (Å²) >= 11 is 7.45. The molecule has 3 heterocycles. The summed E-state index contributed by atoms with van der Waals surface area (Å²) < 4.78 is 5.82. The van der Waals surface area contributed by atoms with Crippen LogP contribution in [-0.4, -0.2) is 34.0 Å². The Hall–Kier alpha value is -1.40. The number of hydrogen-bond acceptors (Lipinski definition) is 5. The topological polar surface area (TPSA) is 59.2 Å². The monoisotopic (exact) mass is 339 g/mol. The first-order valence-electron chi connectivity index (χ1n) is 7.44. The van der Waals surface area contributed by atoms with Gasteiger partial charge in [0.05, 0.1) is 4.34 Å². The van der Waals surface area contributed by atoms with Crippen LogP contribution in [0.15, 0.2) is 16.7 Å². The van der Waals surface area contributed by atoms with Crippen molar-refractivity contribution >= 4 is 28.8 Å². The van der Waals surface area contributed by atoms with Crippen LogP contribution in [0.5, 0.6) is 0 Å². The maximum Gasteiger partial charge on any atom is 0.223 e. The molecule has 1 unspecified atom stereocenters. The maximum absolute atomic E-state index is 12.4. The average Bonchev–Trinajstić information content (AvgIpc) is 3.13. The molecule has 0 aliphatic carbocycles. The van der Waals surface area contributed by atoms with Crippen LogP contribution >= 0.6 is 22.9 Å². The summed E-state index contributed by atoms with van der Waals surface area (Å²) in [6, 6.07) is 3.86. The lowest BCUT2D eigenvalue weighted by atomic mass is 9.97. The molecule has 5 nitrogen and oxygen atoms in total. The Labute approximate surface area is 138 Å². The van der Waals surface area contributed by atoms with Gasteiger partial charge >= 0.3 is 0 Å². The van der Waals surface area contributed by atoms with Gasteiger partial charge in [-0.15, -0.1) is 11.3 Å². The molecule has 1 saturated heterocycles. The van der Waals surface area contributed by atoms with Crippen LogP contribution in [0.4, 0.5) is 0 Å². The Morgan fingerprint density at radius 1 is 1.55 bits per heavy atom. The Kier molecular flexibility index (Phi) is 4.78. The summed E-state index contributed by atoms with van der Waals surface area (Å²) in [5.41, 5.74) is 0. The van der Waals surface area contributed by atoms with Crippen molar-refractivity contribution in [2.45, 2.75) is 38.5 Å². The first kappa shape index (κ1) is 15.5. The van der Waals surface area contributed by atoms with E-state index in [1.54, 1.807) is 6.92 Å². The lowest BCUT2D eigenvalue weighted by molar-refractivity contribution is -0.132. The van der Waals surface area contributed by atoms with E-state index in [0.29, 0.717) is 18.9 Å². The fourth-order valence-electron chi connectivity index (χ4n) is 2.77. The van der Waals surface area contributed by atoms with E-state index in [-0.39, 0.29) is 11.8 Å². The fraction of sp³-hybridized carbons (Fsp3) is 0.533. The van der Waals surface area contributed by atoms with Gasteiger partial charge in [0, 0.05) is 37.2 Å². The Morgan fingerprint density at radius 2 is 2.41 bits per heavy atom. The molecule has 1 atom stereocenters. The van der Waals surface area contributed by atoms with Crippen molar-refractivity contribution in [3.05, 3.63) is 33.1 Å². The second-order valence-electron chi connectivity index (χ2n) is 5.56. The second kappa shape index (κ2) is 6.79. The van der Waals surface area contributed by atoms with Crippen molar-refractivity contribution in [3.8, 4) is 0 Å². The third-order valence-corrected chi connectivity index (χ3v) is 5.19. The maximum atomic E-state index is 12.4. The number of carbonyl (C=O) groups excluding carboxylic acids is 1. The molecule has 3 rings (SSSR count). The molecule has 1 fully saturated rings. The molecule has 22 heavy (non-hydrogen) atoms. The number of piperidine rings is 1. The first-order valence-corrected chi connectivity index (χ1v) is 8.63. The van der Waals surface area contributed by atoms with Gasteiger partial charge in [-0.25, -0.2) is 0 Å². The molecule has 1 amide bonds. The van der Waals surface area contributed by atoms with Gasteiger partial charge in [-0.2, -0.15) is 4.98 Å². The highest BCUT2D eigenvalue weighted by atomic mass is 35.5. The summed E-state index contributed by atoms with van der Waals surface area (Å²) in [5, 5.41) is 3.99. The number of hydrogen-bond donors (Lipinski definition) is 0. The highest BCUT2D eigenvalue weighted by Gasteiger charge is 2.27.